The molecule has 3 rings (SSSR count). The summed E-state index contributed by atoms with van der Waals surface area (Å²) in [4.78, 5) is 4.26. The maximum Gasteiger partial charge on any atom is 0.129 e. The molecule has 20 heavy (non-hydrogen) atoms. The molecule has 2 N–H and O–H groups in total. The number of rotatable bonds is 3. The van der Waals surface area contributed by atoms with Crippen LogP contribution in [0.5, 0.6) is 5.75 Å². The highest BCUT2D eigenvalue weighted by molar-refractivity contribution is 5.84. The minimum Gasteiger partial charge on any atom is -0.488 e. The summed E-state index contributed by atoms with van der Waals surface area (Å²) >= 11 is 0. The van der Waals surface area contributed by atoms with Crippen LogP contribution in [-0.4, -0.2) is 4.98 Å². The number of hydrogen-bond donors (Lipinski definition) is 1. The smallest absolute Gasteiger partial charge is 0.129 e. The maximum absolute atomic E-state index is 13.2. The molecular formula is C16H13FN2O. The van der Waals surface area contributed by atoms with Crippen molar-refractivity contribution in [2.75, 3.05) is 5.73 Å². The molecule has 0 amide bonds. The van der Waals surface area contributed by atoms with Crippen LogP contribution in [0.4, 0.5) is 10.1 Å². The summed E-state index contributed by atoms with van der Waals surface area (Å²) < 4.78 is 19.0. The molecule has 3 aromatic rings. The van der Waals surface area contributed by atoms with Crippen LogP contribution in [0.3, 0.4) is 0 Å². The van der Waals surface area contributed by atoms with E-state index in [9.17, 15) is 4.39 Å². The molecule has 100 valence electrons. The van der Waals surface area contributed by atoms with E-state index in [2.05, 4.69) is 4.98 Å². The highest BCUT2D eigenvalue weighted by atomic mass is 19.1. The maximum atomic E-state index is 13.2. The molecule has 0 aliphatic rings. The third-order valence-electron chi connectivity index (χ3n) is 3.09. The van der Waals surface area contributed by atoms with Gasteiger partial charge in [-0.25, -0.2) is 4.39 Å². The van der Waals surface area contributed by atoms with Crippen molar-refractivity contribution in [3.8, 4) is 5.75 Å². The number of aromatic nitrogens is 1. The van der Waals surface area contributed by atoms with E-state index in [0.717, 1.165) is 10.9 Å². The number of pyridine rings is 1. The van der Waals surface area contributed by atoms with E-state index in [1.807, 2.05) is 30.3 Å². The first-order valence-corrected chi connectivity index (χ1v) is 6.24. The van der Waals surface area contributed by atoms with Gasteiger partial charge >= 0.3 is 0 Å². The van der Waals surface area contributed by atoms with Crippen LogP contribution in [-0.2, 0) is 6.61 Å². The fraction of sp³-hybridized carbons (Fsp3) is 0.0625. The standard InChI is InChI=1S/C16H13FN2O/c17-12-6-7-14(18)11(9-12)10-20-16-5-1-4-15-13(16)3-2-8-19-15/h1-9H,10,18H2. The Morgan fingerprint density at radius 3 is 2.90 bits per heavy atom. The van der Waals surface area contributed by atoms with Crippen molar-refractivity contribution in [3.05, 3.63) is 66.1 Å². The van der Waals surface area contributed by atoms with E-state index in [1.54, 1.807) is 12.3 Å². The number of halogens is 1. The topological polar surface area (TPSA) is 48.1 Å². The molecule has 0 saturated carbocycles. The van der Waals surface area contributed by atoms with Crippen LogP contribution in [0, 0.1) is 5.82 Å². The Bertz CT molecular complexity index is 753. The zero-order valence-corrected chi connectivity index (χ0v) is 10.7. The normalized spacial score (nSPS) is 10.7. The Labute approximate surface area is 115 Å². The Kier molecular flexibility index (Phi) is 3.21. The van der Waals surface area contributed by atoms with Crippen LogP contribution < -0.4 is 10.5 Å². The molecule has 0 spiro atoms. The first-order chi connectivity index (χ1) is 9.74. The first kappa shape index (κ1) is 12.4. The van der Waals surface area contributed by atoms with Crippen molar-refractivity contribution in [3.63, 3.8) is 0 Å². The zero-order chi connectivity index (χ0) is 13.9. The Balaban J connectivity index is 1.89. The van der Waals surface area contributed by atoms with Crippen molar-refractivity contribution in [1.82, 2.24) is 4.98 Å². The second-order valence-corrected chi connectivity index (χ2v) is 4.46. The van der Waals surface area contributed by atoms with E-state index >= 15 is 0 Å². The van der Waals surface area contributed by atoms with Crippen molar-refractivity contribution in [1.29, 1.82) is 0 Å². The quantitative estimate of drug-likeness (QED) is 0.739. The van der Waals surface area contributed by atoms with E-state index in [-0.39, 0.29) is 12.4 Å². The molecule has 0 radical (unpaired) electrons. The number of anilines is 1. The van der Waals surface area contributed by atoms with Gasteiger partial charge in [0, 0.05) is 22.8 Å². The molecule has 0 bridgehead atoms. The highest BCUT2D eigenvalue weighted by Crippen LogP contribution is 2.25. The predicted octanol–water partition coefficient (Wildman–Crippen LogP) is 3.54. The molecule has 1 heterocycles. The summed E-state index contributed by atoms with van der Waals surface area (Å²) in [7, 11) is 0. The minimum atomic E-state index is -0.322. The number of nitrogens with zero attached hydrogens (tertiary/aromatic N) is 1. The van der Waals surface area contributed by atoms with Gasteiger partial charge < -0.3 is 10.5 Å². The van der Waals surface area contributed by atoms with E-state index in [1.165, 1.54) is 12.1 Å². The fourth-order valence-corrected chi connectivity index (χ4v) is 2.06. The molecule has 0 atom stereocenters. The lowest BCUT2D eigenvalue weighted by Crippen LogP contribution is -2.01. The summed E-state index contributed by atoms with van der Waals surface area (Å²) in [5.41, 5.74) is 7.81. The summed E-state index contributed by atoms with van der Waals surface area (Å²) in [6, 6.07) is 13.7. The summed E-state index contributed by atoms with van der Waals surface area (Å²) in [6.07, 6.45) is 1.73. The van der Waals surface area contributed by atoms with Gasteiger partial charge in [-0.1, -0.05) is 6.07 Å². The summed E-state index contributed by atoms with van der Waals surface area (Å²) in [5.74, 6) is 0.386. The van der Waals surface area contributed by atoms with Gasteiger partial charge in [0.25, 0.3) is 0 Å². The van der Waals surface area contributed by atoms with Crippen molar-refractivity contribution >= 4 is 16.6 Å². The molecule has 0 unspecified atom stereocenters. The van der Waals surface area contributed by atoms with Crippen LogP contribution in [0.15, 0.2) is 54.7 Å². The predicted molar refractivity (Wildman–Crippen MR) is 76.9 cm³/mol. The highest BCUT2D eigenvalue weighted by Gasteiger charge is 2.05. The van der Waals surface area contributed by atoms with Crippen LogP contribution in [0.25, 0.3) is 10.9 Å². The summed E-state index contributed by atoms with van der Waals surface area (Å²) in [5, 5.41) is 0.921. The molecular weight excluding hydrogens is 255 g/mol. The molecule has 4 heteroatoms. The van der Waals surface area contributed by atoms with Crippen molar-refractivity contribution in [2.45, 2.75) is 6.61 Å². The molecule has 0 aliphatic carbocycles. The lowest BCUT2D eigenvalue weighted by molar-refractivity contribution is 0.310. The van der Waals surface area contributed by atoms with E-state index < -0.39 is 0 Å². The van der Waals surface area contributed by atoms with Gasteiger partial charge in [0.1, 0.15) is 18.2 Å². The molecule has 3 nitrogen and oxygen atoms in total. The molecule has 0 aliphatic heterocycles. The van der Waals surface area contributed by atoms with Crippen LogP contribution in [0.2, 0.25) is 0 Å². The number of benzene rings is 2. The van der Waals surface area contributed by atoms with Gasteiger partial charge in [0.2, 0.25) is 0 Å². The lowest BCUT2D eigenvalue weighted by atomic mass is 10.2. The average Bonchev–Trinajstić information content (AvgIpc) is 2.48. The SMILES string of the molecule is Nc1ccc(F)cc1COc1cccc2ncccc12. The van der Waals surface area contributed by atoms with E-state index in [0.29, 0.717) is 17.0 Å². The van der Waals surface area contributed by atoms with Gasteiger partial charge in [-0.15, -0.1) is 0 Å². The minimum absolute atomic E-state index is 0.220. The largest absolute Gasteiger partial charge is 0.488 e. The molecule has 1 aromatic heterocycles. The van der Waals surface area contributed by atoms with Gasteiger partial charge in [-0.05, 0) is 42.5 Å². The third-order valence-corrected chi connectivity index (χ3v) is 3.09. The second-order valence-electron chi connectivity index (χ2n) is 4.46. The van der Waals surface area contributed by atoms with Crippen LogP contribution in [0.1, 0.15) is 5.56 Å². The van der Waals surface area contributed by atoms with Gasteiger partial charge in [-0.3, -0.25) is 4.98 Å². The van der Waals surface area contributed by atoms with Crippen LogP contribution >= 0.6 is 0 Å². The lowest BCUT2D eigenvalue weighted by Gasteiger charge is -2.10. The molecule has 0 saturated heterocycles. The van der Waals surface area contributed by atoms with Gasteiger partial charge in [-0.2, -0.15) is 0 Å². The number of nitrogens with two attached hydrogens (primary N) is 1. The molecule has 2 aromatic carbocycles. The van der Waals surface area contributed by atoms with E-state index in [4.69, 9.17) is 10.5 Å². The monoisotopic (exact) mass is 268 g/mol. The Morgan fingerprint density at radius 1 is 1.10 bits per heavy atom. The van der Waals surface area contributed by atoms with Crippen molar-refractivity contribution < 1.29 is 9.13 Å². The first-order valence-electron chi connectivity index (χ1n) is 6.24. The fourth-order valence-electron chi connectivity index (χ4n) is 2.06. The second kappa shape index (κ2) is 5.17. The summed E-state index contributed by atoms with van der Waals surface area (Å²) in [6.45, 7) is 0.220. The van der Waals surface area contributed by atoms with Gasteiger partial charge in [0.05, 0.1) is 5.52 Å². The number of hydrogen-bond acceptors (Lipinski definition) is 3. The van der Waals surface area contributed by atoms with Crippen molar-refractivity contribution in [2.24, 2.45) is 0 Å². The molecule has 0 fully saturated rings. The average molecular weight is 268 g/mol. The third kappa shape index (κ3) is 2.40. The Hall–Kier alpha value is -2.62. The number of nitrogen functional groups attached to an aromatic ring is 1. The number of fused-ring (bicyclic) bond motifs is 1. The number of ether oxygens (including phenoxy) is 1. The van der Waals surface area contributed by atoms with Gasteiger partial charge in [0.15, 0.2) is 0 Å². The zero-order valence-electron chi connectivity index (χ0n) is 10.7. The Morgan fingerprint density at radius 2 is 2.00 bits per heavy atom.